The molecule has 0 spiro atoms. The molecule has 2 N–H and O–H groups in total. The van der Waals surface area contributed by atoms with Crippen molar-refractivity contribution in [3.05, 3.63) is 0 Å². The number of hydrogen-bond acceptors (Lipinski definition) is 2. The van der Waals surface area contributed by atoms with Gasteiger partial charge in [0.1, 0.15) is 0 Å². The fraction of sp³-hybridized carbons (Fsp3) is 1.00. The molecule has 0 aromatic carbocycles. The van der Waals surface area contributed by atoms with Gasteiger partial charge < -0.3 is 9.96 Å². The summed E-state index contributed by atoms with van der Waals surface area (Å²) in [4.78, 5) is 8.22. The molecule has 2 saturated carbocycles. The van der Waals surface area contributed by atoms with Crippen LogP contribution in [0.25, 0.3) is 0 Å². The maximum absolute atomic E-state index is 4.11. The topological polar surface area (TPSA) is 24.1 Å². The van der Waals surface area contributed by atoms with Gasteiger partial charge in [0.2, 0.25) is 0 Å². The Bertz CT molecular complexity index is 281. The van der Waals surface area contributed by atoms with Gasteiger partial charge in [-0.25, -0.2) is 0 Å². The summed E-state index contributed by atoms with van der Waals surface area (Å²) in [7, 11) is -1.55. The Morgan fingerprint density at radius 1 is 0.619 bits per heavy atom. The van der Waals surface area contributed by atoms with Crippen LogP contribution in [-0.2, 0) is 0 Å². The fourth-order valence-corrected chi connectivity index (χ4v) is 7.70. The van der Waals surface area contributed by atoms with Gasteiger partial charge in [-0.3, -0.25) is 0 Å². The van der Waals surface area contributed by atoms with E-state index in [0.29, 0.717) is 0 Å². The van der Waals surface area contributed by atoms with E-state index in [-0.39, 0.29) is 0 Å². The second-order valence-corrected chi connectivity index (χ2v) is 12.6. The van der Waals surface area contributed by atoms with Gasteiger partial charge in [-0.2, -0.15) is 0 Å². The summed E-state index contributed by atoms with van der Waals surface area (Å²) >= 11 is 0. The summed E-state index contributed by atoms with van der Waals surface area (Å²) in [6.45, 7) is 14.8. The Morgan fingerprint density at radius 3 is 1.19 bits per heavy atom. The minimum absolute atomic E-state index is 0.724. The monoisotopic (exact) mass is 310 g/mol. The van der Waals surface area contributed by atoms with Crippen LogP contribution in [0, 0.1) is 23.7 Å². The summed E-state index contributed by atoms with van der Waals surface area (Å²) in [5.41, 5.74) is 0. The van der Waals surface area contributed by atoms with Crippen molar-refractivity contribution < 1.29 is 0 Å². The van der Waals surface area contributed by atoms with Gasteiger partial charge in [-0.05, 0) is 62.4 Å². The molecule has 0 heterocycles. The molecular weight excluding hydrogens is 272 g/mol. The lowest BCUT2D eigenvalue weighted by Crippen LogP contribution is -2.68. The van der Waals surface area contributed by atoms with Crippen molar-refractivity contribution in [3.63, 3.8) is 0 Å². The summed E-state index contributed by atoms with van der Waals surface area (Å²) in [5, 5.41) is 0. The Labute approximate surface area is 134 Å². The standard InChI is InChI=1S/C18H38N2Si/c1-13-9-7-10-14(2)17(13)19-21(5,6)20-18-15(3)11-8-12-16(18)4/h13-20H,7-12H2,1-6H3. The van der Waals surface area contributed by atoms with Gasteiger partial charge in [0.15, 0.2) is 8.40 Å². The van der Waals surface area contributed by atoms with Crippen molar-refractivity contribution in [2.45, 2.75) is 91.4 Å². The lowest BCUT2D eigenvalue weighted by Gasteiger charge is -2.45. The molecule has 0 bridgehead atoms. The molecule has 0 aromatic rings. The van der Waals surface area contributed by atoms with E-state index in [1.54, 1.807) is 0 Å². The Morgan fingerprint density at radius 2 is 0.905 bits per heavy atom. The van der Waals surface area contributed by atoms with Gasteiger partial charge in [0.05, 0.1) is 0 Å². The van der Waals surface area contributed by atoms with E-state index < -0.39 is 8.40 Å². The second kappa shape index (κ2) is 7.14. The lowest BCUT2D eigenvalue weighted by molar-refractivity contribution is 0.217. The van der Waals surface area contributed by atoms with Crippen molar-refractivity contribution >= 4 is 8.40 Å². The van der Waals surface area contributed by atoms with Crippen LogP contribution in [0.5, 0.6) is 0 Å². The molecule has 0 aliphatic heterocycles. The van der Waals surface area contributed by atoms with Crippen molar-refractivity contribution in [2.24, 2.45) is 23.7 Å². The van der Waals surface area contributed by atoms with Gasteiger partial charge in [0, 0.05) is 12.1 Å². The molecule has 0 radical (unpaired) electrons. The third-order valence-corrected chi connectivity index (χ3v) is 8.26. The molecule has 0 saturated heterocycles. The van der Waals surface area contributed by atoms with E-state index in [1.807, 2.05) is 0 Å². The Hall–Kier alpha value is 0.137. The Kier molecular flexibility index (Phi) is 5.95. The van der Waals surface area contributed by atoms with Crippen molar-refractivity contribution in [2.75, 3.05) is 0 Å². The first kappa shape index (κ1) is 17.5. The molecule has 0 aromatic heterocycles. The molecule has 2 aliphatic rings. The lowest BCUT2D eigenvalue weighted by atomic mass is 9.79. The molecule has 2 aliphatic carbocycles. The number of nitrogens with one attached hydrogen (secondary N) is 2. The predicted octanol–water partition coefficient (Wildman–Crippen LogP) is 4.52. The zero-order chi connectivity index (χ0) is 15.6. The predicted molar refractivity (Wildman–Crippen MR) is 95.7 cm³/mol. The highest BCUT2D eigenvalue weighted by molar-refractivity contribution is 6.72. The highest BCUT2D eigenvalue weighted by Crippen LogP contribution is 2.31. The van der Waals surface area contributed by atoms with Crippen molar-refractivity contribution in [1.82, 2.24) is 9.96 Å². The summed E-state index contributed by atoms with van der Waals surface area (Å²) in [6.07, 6.45) is 8.47. The SMILES string of the molecule is CC1CCCC(C)C1N[Si](C)(C)NC1C(C)CCCC1C. The van der Waals surface area contributed by atoms with Crippen LogP contribution >= 0.6 is 0 Å². The maximum atomic E-state index is 4.11. The van der Waals surface area contributed by atoms with Crippen LogP contribution in [0.3, 0.4) is 0 Å². The largest absolute Gasteiger partial charge is 0.322 e. The second-order valence-electron chi connectivity index (χ2n) is 8.74. The smallest absolute Gasteiger partial charge is 0.195 e. The molecule has 4 unspecified atom stereocenters. The average molecular weight is 311 g/mol. The van der Waals surface area contributed by atoms with Crippen molar-refractivity contribution in [3.8, 4) is 0 Å². The molecule has 2 rings (SSSR count). The third-order valence-electron chi connectivity index (χ3n) is 6.15. The van der Waals surface area contributed by atoms with Crippen LogP contribution in [0.4, 0.5) is 0 Å². The molecule has 2 fully saturated rings. The molecule has 2 nitrogen and oxygen atoms in total. The van der Waals surface area contributed by atoms with Gasteiger partial charge in [-0.1, -0.05) is 40.5 Å². The molecule has 124 valence electrons. The van der Waals surface area contributed by atoms with E-state index in [2.05, 4.69) is 50.8 Å². The minimum atomic E-state index is -1.55. The first-order valence-electron chi connectivity index (χ1n) is 9.35. The Balaban J connectivity index is 1.97. The van der Waals surface area contributed by atoms with Gasteiger partial charge >= 0.3 is 0 Å². The summed E-state index contributed by atoms with van der Waals surface area (Å²) < 4.78 is 0. The van der Waals surface area contributed by atoms with E-state index in [4.69, 9.17) is 0 Å². The first-order chi connectivity index (χ1) is 9.80. The molecule has 4 atom stereocenters. The van der Waals surface area contributed by atoms with Gasteiger partial charge in [-0.15, -0.1) is 0 Å². The fourth-order valence-electron chi connectivity index (χ4n) is 4.81. The normalized spacial score (nSPS) is 42.0. The minimum Gasteiger partial charge on any atom is -0.322 e. The molecule has 0 amide bonds. The average Bonchev–Trinajstić information content (AvgIpc) is 2.39. The highest BCUT2D eigenvalue weighted by Gasteiger charge is 2.37. The van der Waals surface area contributed by atoms with Crippen LogP contribution in [-0.4, -0.2) is 20.5 Å². The first-order valence-corrected chi connectivity index (χ1v) is 12.4. The zero-order valence-corrected chi connectivity index (χ0v) is 16.2. The van der Waals surface area contributed by atoms with Crippen molar-refractivity contribution in [1.29, 1.82) is 0 Å². The number of hydrogen-bond donors (Lipinski definition) is 2. The van der Waals surface area contributed by atoms with E-state index in [0.717, 1.165) is 35.8 Å². The summed E-state index contributed by atoms with van der Waals surface area (Å²) in [6, 6.07) is 1.45. The van der Waals surface area contributed by atoms with E-state index >= 15 is 0 Å². The van der Waals surface area contributed by atoms with Crippen LogP contribution < -0.4 is 9.96 Å². The van der Waals surface area contributed by atoms with Crippen LogP contribution in [0.1, 0.15) is 66.2 Å². The molecule has 3 heteroatoms. The van der Waals surface area contributed by atoms with E-state index in [9.17, 15) is 0 Å². The van der Waals surface area contributed by atoms with Gasteiger partial charge in [0.25, 0.3) is 0 Å². The van der Waals surface area contributed by atoms with E-state index in [1.165, 1.54) is 38.5 Å². The maximum Gasteiger partial charge on any atom is 0.195 e. The quantitative estimate of drug-likeness (QED) is 0.746. The summed E-state index contributed by atoms with van der Waals surface area (Å²) in [5.74, 6) is 3.35. The molecule has 21 heavy (non-hydrogen) atoms. The zero-order valence-electron chi connectivity index (χ0n) is 15.2. The highest BCUT2D eigenvalue weighted by atomic mass is 28.3. The van der Waals surface area contributed by atoms with Crippen LogP contribution in [0.15, 0.2) is 0 Å². The number of rotatable bonds is 4. The third kappa shape index (κ3) is 4.55. The molecular formula is C18H38N2Si. The van der Waals surface area contributed by atoms with Crippen LogP contribution in [0.2, 0.25) is 13.1 Å².